The molecule has 1 heterocycles. The van der Waals surface area contributed by atoms with Crippen LogP contribution in [0.15, 0.2) is 12.2 Å². The minimum Gasteiger partial charge on any atom is -0.463 e. The molecule has 10 heteroatoms. The topological polar surface area (TPSA) is 88.1 Å². The Labute approximate surface area is 197 Å². The monoisotopic (exact) mass is 542 g/mol. The van der Waals surface area contributed by atoms with Gasteiger partial charge in [0.15, 0.2) is 8.32 Å². The number of ether oxygens (including phenoxy) is 2. The highest BCUT2D eigenvalue weighted by Crippen LogP contribution is 2.44. The first-order valence-corrected chi connectivity index (χ1v) is 16.8. The molecular weight excluding hydrogens is 504 g/mol. The molecule has 0 unspecified atom stereocenters. The number of esters is 1. The van der Waals surface area contributed by atoms with E-state index in [1.165, 1.54) is 6.08 Å². The molecule has 0 aliphatic carbocycles. The highest BCUT2D eigenvalue weighted by molar-refractivity contribution is 9.09. The summed E-state index contributed by atoms with van der Waals surface area (Å²) in [4.78, 5) is 11.7. The molecule has 182 valence electrons. The Morgan fingerprint density at radius 1 is 1.32 bits per heavy atom. The molecular formula is C21H39BrO7SSi. The molecule has 1 fully saturated rings. The van der Waals surface area contributed by atoms with Crippen molar-refractivity contribution in [2.45, 2.75) is 76.9 Å². The van der Waals surface area contributed by atoms with Crippen molar-refractivity contribution in [2.24, 2.45) is 17.8 Å². The largest absolute Gasteiger partial charge is 0.463 e. The summed E-state index contributed by atoms with van der Waals surface area (Å²) in [7, 11) is -5.78. The van der Waals surface area contributed by atoms with Crippen molar-refractivity contribution in [3.05, 3.63) is 12.2 Å². The van der Waals surface area contributed by atoms with E-state index in [9.17, 15) is 13.2 Å². The molecule has 1 saturated heterocycles. The maximum absolute atomic E-state index is 12.2. The smallest absolute Gasteiger partial charge is 0.330 e. The van der Waals surface area contributed by atoms with Gasteiger partial charge >= 0.3 is 5.97 Å². The van der Waals surface area contributed by atoms with E-state index in [0.29, 0.717) is 13.2 Å². The molecule has 0 spiro atoms. The van der Waals surface area contributed by atoms with E-state index in [2.05, 4.69) is 35.6 Å². The molecule has 7 atom stereocenters. The summed E-state index contributed by atoms with van der Waals surface area (Å²) in [5, 5.41) is 0. The Bertz CT molecular complexity index is 737. The van der Waals surface area contributed by atoms with Gasteiger partial charge in [0.25, 0.3) is 10.1 Å². The predicted octanol–water partition coefficient (Wildman–Crippen LogP) is 4.13. The average molecular weight is 544 g/mol. The second kappa shape index (κ2) is 11.2. The second-order valence-corrected chi connectivity index (χ2v) is 16.7. The maximum atomic E-state index is 12.2. The fraction of sp³-hybridized carbons (Fsp3) is 0.857. The van der Waals surface area contributed by atoms with Gasteiger partial charge in [-0.1, -0.05) is 42.8 Å². The lowest BCUT2D eigenvalue weighted by Crippen LogP contribution is -2.55. The van der Waals surface area contributed by atoms with Crippen LogP contribution in [0.25, 0.3) is 0 Å². The van der Waals surface area contributed by atoms with E-state index in [1.54, 1.807) is 13.0 Å². The lowest BCUT2D eigenvalue weighted by atomic mass is 9.79. The Morgan fingerprint density at radius 2 is 1.90 bits per heavy atom. The fourth-order valence-electron chi connectivity index (χ4n) is 3.98. The van der Waals surface area contributed by atoms with E-state index in [1.807, 2.05) is 27.7 Å². The zero-order valence-corrected chi connectivity index (χ0v) is 23.6. The van der Waals surface area contributed by atoms with Crippen molar-refractivity contribution in [1.82, 2.24) is 0 Å². The molecule has 7 nitrogen and oxygen atoms in total. The number of hydrogen-bond acceptors (Lipinski definition) is 7. The molecule has 1 aliphatic rings. The number of carbonyl (C=O) groups excluding carboxylic acids is 1. The summed E-state index contributed by atoms with van der Waals surface area (Å²) in [6, 6.07) is 0. The first-order chi connectivity index (χ1) is 14.0. The number of rotatable bonds is 11. The standard InChI is InChI=1S/C21H39BrO7SSi/c1-10-26-17(23)12-11-14(2)18(29-31(7,8)9)16(4)20(28-30(6,24)25)21(5)19(22)15(3)13-27-21/h11-12,14-16,18-20H,10,13H2,1-9H3/b12-11-/t14-,15+,16-,18+,19-,20+,21-/m0/s1. The van der Waals surface area contributed by atoms with Crippen molar-refractivity contribution in [3.8, 4) is 0 Å². The minimum absolute atomic E-state index is 0.0906. The third-order valence-corrected chi connectivity index (χ3v) is 8.72. The lowest BCUT2D eigenvalue weighted by Gasteiger charge is -2.43. The third kappa shape index (κ3) is 8.55. The van der Waals surface area contributed by atoms with E-state index >= 15 is 0 Å². The number of halogens is 1. The summed E-state index contributed by atoms with van der Waals surface area (Å²) < 4.78 is 47.6. The zero-order chi connectivity index (χ0) is 24.2. The van der Waals surface area contributed by atoms with Gasteiger partial charge in [0, 0.05) is 12.0 Å². The molecule has 0 radical (unpaired) electrons. The number of alkyl halides is 1. The highest BCUT2D eigenvalue weighted by Gasteiger charge is 2.54. The van der Waals surface area contributed by atoms with Gasteiger partial charge in [-0.15, -0.1) is 0 Å². The summed E-state index contributed by atoms with van der Waals surface area (Å²) in [5.41, 5.74) is -0.868. The van der Waals surface area contributed by atoms with Gasteiger partial charge in [0.2, 0.25) is 0 Å². The van der Waals surface area contributed by atoms with Crippen molar-refractivity contribution >= 4 is 40.3 Å². The minimum atomic E-state index is -3.76. The summed E-state index contributed by atoms with van der Waals surface area (Å²) >= 11 is 3.71. The Kier molecular flexibility index (Phi) is 10.4. The molecule has 0 aromatic rings. The average Bonchev–Trinajstić information content (AvgIpc) is 2.89. The zero-order valence-electron chi connectivity index (χ0n) is 20.2. The second-order valence-electron chi connectivity index (χ2n) is 9.62. The van der Waals surface area contributed by atoms with Crippen LogP contribution >= 0.6 is 15.9 Å². The van der Waals surface area contributed by atoms with Crippen molar-refractivity contribution in [2.75, 3.05) is 19.5 Å². The molecule has 0 N–H and O–H groups in total. The van der Waals surface area contributed by atoms with Gasteiger partial charge in [-0.3, -0.25) is 4.18 Å². The quantitative estimate of drug-likeness (QED) is 0.127. The molecule has 31 heavy (non-hydrogen) atoms. The van der Waals surface area contributed by atoms with Crippen LogP contribution in [-0.2, 0) is 33.0 Å². The van der Waals surface area contributed by atoms with E-state index in [-0.39, 0.29) is 28.7 Å². The lowest BCUT2D eigenvalue weighted by molar-refractivity contribution is -0.137. The van der Waals surface area contributed by atoms with Crippen LogP contribution in [0.2, 0.25) is 19.6 Å². The number of carbonyl (C=O) groups is 1. The van der Waals surface area contributed by atoms with Gasteiger partial charge in [0.1, 0.15) is 11.7 Å². The fourth-order valence-corrected chi connectivity index (χ4v) is 6.51. The van der Waals surface area contributed by atoms with Crippen molar-refractivity contribution in [1.29, 1.82) is 0 Å². The first-order valence-electron chi connectivity index (χ1n) is 10.7. The van der Waals surface area contributed by atoms with Gasteiger partial charge < -0.3 is 13.9 Å². The normalized spacial score (nSPS) is 29.0. The first kappa shape index (κ1) is 28.8. The molecule has 0 bridgehead atoms. The molecule has 1 aliphatic heterocycles. The Hall–Kier alpha value is -0.263. The molecule has 0 aromatic carbocycles. The van der Waals surface area contributed by atoms with E-state index < -0.39 is 36.1 Å². The molecule has 0 amide bonds. The Balaban J connectivity index is 3.35. The van der Waals surface area contributed by atoms with Crippen LogP contribution in [0.5, 0.6) is 0 Å². The van der Waals surface area contributed by atoms with E-state index in [0.717, 1.165) is 6.26 Å². The van der Waals surface area contributed by atoms with Gasteiger partial charge in [-0.25, -0.2) is 4.79 Å². The van der Waals surface area contributed by atoms with Crippen LogP contribution in [0.4, 0.5) is 0 Å². The highest BCUT2D eigenvalue weighted by atomic mass is 79.9. The van der Waals surface area contributed by atoms with Crippen LogP contribution in [0.1, 0.15) is 34.6 Å². The molecule has 0 saturated carbocycles. The molecule has 0 aromatic heterocycles. The van der Waals surface area contributed by atoms with Crippen LogP contribution in [0.3, 0.4) is 0 Å². The Morgan fingerprint density at radius 3 is 2.32 bits per heavy atom. The van der Waals surface area contributed by atoms with Crippen molar-refractivity contribution < 1.29 is 31.3 Å². The SMILES string of the molecule is CCOC(=O)/C=C\[C@H](C)[C@@H](O[Si](C)(C)C)[C@H](C)[C@@H](OS(C)(=O)=O)[C@@]1(C)OC[C@@H](C)[C@@H]1Br. The van der Waals surface area contributed by atoms with Crippen LogP contribution in [-0.4, -0.2) is 64.8 Å². The van der Waals surface area contributed by atoms with Gasteiger partial charge in [0.05, 0.1) is 30.4 Å². The molecule has 1 rings (SSSR count). The van der Waals surface area contributed by atoms with Gasteiger partial charge in [-0.05, 0) is 45.3 Å². The predicted molar refractivity (Wildman–Crippen MR) is 128 cm³/mol. The van der Waals surface area contributed by atoms with Crippen molar-refractivity contribution in [3.63, 3.8) is 0 Å². The number of hydrogen-bond donors (Lipinski definition) is 0. The van der Waals surface area contributed by atoms with Gasteiger partial charge in [-0.2, -0.15) is 8.42 Å². The maximum Gasteiger partial charge on any atom is 0.330 e. The summed E-state index contributed by atoms with van der Waals surface area (Å²) in [6.07, 6.45) is 3.03. The third-order valence-electron chi connectivity index (χ3n) is 5.37. The summed E-state index contributed by atoms with van der Waals surface area (Å²) in [5.74, 6) is -0.759. The van der Waals surface area contributed by atoms with Crippen LogP contribution in [0, 0.1) is 17.8 Å². The summed E-state index contributed by atoms with van der Waals surface area (Å²) in [6.45, 7) is 16.6. The van der Waals surface area contributed by atoms with Crippen LogP contribution < -0.4 is 0 Å². The van der Waals surface area contributed by atoms with E-state index in [4.69, 9.17) is 18.1 Å².